The van der Waals surface area contributed by atoms with Gasteiger partial charge in [0, 0.05) is 29.7 Å². The van der Waals surface area contributed by atoms with Gasteiger partial charge in [-0.1, -0.05) is 25.0 Å². The first-order valence-electron chi connectivity index (χ1n) is 12.2. The summed E-state index contributed by atoms with van der Waals surface area (Å²) in [4.78, 5) is 2.52. The standard InChI is InChI=1S/C29H32N2O3/c32-25-9-7-23(8-10-25)29-20-24-19-26(33)11-14-28(24)31(29)21-22-5-12-27(13-6-22)34-18-17-30-15-3-1-2-4-16-30/h5-14,19-20,32-33H,1-4,15-18,21H2. The van der Waals surface area contributed by atoms with E-state index in [-0.39, 0.29) is 11.5 Å². The monoisotopic (exact) mass is 456 g/mol. The maximum atomic E-state index is 9.97. The van der Waals surface area contributed by atoms with Crippen molar-refractivity contribution in [2.45, 2.75) is 32.2 Å². The number of hydrogen-bond donors (Lipinski definition) is 2. The van der Waals surface area contributed by atoms with Gasteiger partial charge in [-0.2, -0.15) is 0 Å². The Labute approximate surface area is 200 Å². The number of benzene rings is 3. The molecule has 0 amide bonds. The number of likely N-dealkylation sites (tertiary alicyclic amines) is 1. The van der Waals surface area contributed by atoms with E-state index in [1.807, 2.05) is 18.2 Å². The predicted molar refractivity (Wildman–Crippen MR) is 137 cm³/mol. The molecule has 3 aromatic carbocycles. The second kappa shape index (κ2) is 10.2. The lowest BCUT2D eigenvalue weighted by Gasteiger charge is -2.19. The average Bonchev–Trinajstić information content (AvgIpc) is 3.00. The van der Waals surface area contributed by atoms with E-state index < -0.39 is 0 Å². The zero-order valence-corrected chi connectivity index (χ0v) is 19.5. The van der Waals surface area contributed by atoms with Gasteiger partial charge in [-0.25, -0.2) is 0 Å². The molecule has 0 saturated carbocycles. The predicted octanol–water partition coefficient (Wildman–Crippen LogP) is 6.02. The Balaban J connectivity index is 1.31. The zero-order valence-electron chi connectivity index (χ0n) is 19.5. The SMILES string of the molecule is Oc1ccc(-c2cc3cc(O)ccc3n2Cc2ccc(OCCN3CCCCCC3)cc2)cc1. The second-order valence-corrected chi connectivity index (χ2v) is 9.15. The molecule has 2 N–H and O–H groups in total. The summed E-state index contributed by atoms with van der Waals surface area (Å²) in [6, 6.07) is 23.1. The fourth-order valence-corrected chi connectivity index (χ4v) is 4.83. The van der Waals surface area contributed by atoms with E-state index in [0.29, 0.717) is 6.54 Å². The molecule has 2 heterocycles. The van der Waals surface area contributed by atoms with Crippen LogP contribution in [0.15, 0.2) is 72.8 Å². The van der Waals surface area contributed by atoms with Gasteiger partial charge in [0.2, 0.25) is 0 Å². The molecule has 0 aliphatic carbocycles. The first-order chi connectivity index (χ1) is 16.7. The highest BCUT2D eigenvalue weighted by atomic mass is 16.5. The maximum absolute atomic E-state index is 9.97. The smallest absolute Gasteiger partial charge is 0.119 e. The van der Waals surface area contributed by atoms with Gasteiger partial charge in [0.1, 0.15) is 23.9 Å². The van der Waals surface area contributed by atoms with Crippen molar-refractivity contribution in [1.29, 1.82) is 0 Å². The van der Waals surface area contributed by atoms with Crippen LogP contribution in [0.5, 0.6) is 17.2 Å². The Hall–Kier alpha value is -3.44. The Morgan fingerprint density at radius 3 is 2.18 bits per heavy atom. The number of phenols is 2. The Morgan fingerprint density at radius 2 is 1.44 bits per heavy atom. The largest absolute Gasteiger partial charge is 0.508 e. The lowest BCUT2D eigenvalue weighted by Crippen LogP contribution is -2.29. The van der Waals surface area contributed by atoms with E-state index in [0.717, 1.165) is 41.1 Å². The molecule has 4 aromatic rings. The molecule has 176 valence electrons. The lowest BCUT2D eigenvalue weighted by atomic mass is 10.1. The van der Waals surface area contributed by atoms with Gasteiger partial charge in [-0.3, -0.25) is 4.90 Å². The minimum Gasteiger partial charge on any atom is -0.508 e. The first-order valence-corrected chi connectivity index (χ1v) is 12.2. The summed E-state index contributed by atoms with van der Waals surface area (Å²) < 4.78 is 8.27. The number of phenolic OH excluding ortho intramolecular Hbond substituents is 2. The molecule has 1 saturated heterocycles. The van der Waals surface area contributed by atoms with Gasteiger partial charge >= 0.3 is 0 Å². The first kappa shape index (κ1) is 22.4. The van der Waals surface area contributed by atoms with Gasteiger partial charge < -0.3 is 19.5 Å². The van der Waals surface area contributed by atoms with Crippen LogP contribution in [-0.4, -0.2) is 45.9 Å². The van der Waals surface area contributed by atoms with Gasteiger partial charge in [0.05, 0.1) is 0 Å². The molecule has 5 nitrogen and oxygen atoms in total. The maximum Gasteiger partial charge on any atom is 0.119 e. The molecule has 0 unspecified atom stereocenters. The zero-order chi connectivity index (χ0) is 23.3. The van der Waals surface area contributed by atoms with Crippen LogP contribution in [0.4, 0.5) is 0 Å². The van der Waals surface area contributed by atoms with Crippen molar-refractivity contribution in [2.24, 2.45) is 0 Å². The van der Waals surface area contributed by atoms with Crippen LogP contribution in [0.25, 0.3) is 22.2 Å². The third kappa shape index (κ3) is 5.20. The second-order valence-electron chi connectivity index (χ2n) is 9.15. The molecule has 5 heteroatoms. The molecule has 1 fully saturated rings. The van der Waals surface area contributed by atoms with Crippen molar-refractivity contribution in [3.63, 3.8) is 0 Å². The van der Waals surface area contributed by atoms with Crippen molar-refractivity contribution < 1.29 is 14.9 Å². The summed E-state index contributed by atoms with van der Waals surface area (Å²) in [5, 5.41) is 20.7. The summed E-state index contributed by atoms with van der Waals surface area (Å²) in [7, 11) is 0. The third-order valence-corrected chi connectivity index (χ3v) is 6.69. The lowest BCUT2D eigenvalue weighted by molar-refractivity contribution is 0.214. The van der Waals surface area contributed by atoms with Crippen LogP contribution in [0.2, 0.25) is 0 Å². The van der Waals surface area contributed by atoms with Gasteiger partial charge in [-0.15, -0.1) is 0 Å². The summed E-state index contributed by atoms with van der Waals surface area (Å²) in [5.74, 6) is 1.40. The Bertz CT molecular complexity index is 1220. The summed E-state index contributed by atoms with van der Waals surface area (Å²) in [5.41, 5.74) is 4.28. The molecule has 1 aliphatic heterocycles. The van der Waals surface area contributed by atoms with Gasteiger partial charge in [-0.05, 0) is 97.7 Å². The van der Waals surface area contributed by atoms with Crippen molar-refractivity contribution in [3.05, 3.63) is 78.4 Å². The van der Waals surface area contributed by atoms with Crippen molar-refractivity contribution >= 4 is 10.9 Å². The van der Waals surface area contributed by atoms with E-state index in [1.165, 1.54) is 44.3 Å². The van der Waals surface area contributed by atoms with Crippen LogP contribution in [0.1, 0.15) is 31.2 Å². The molecular weight excluding hydrogens is 424 g/mol. The highest BCUT2D eigenvalue weighted by Crippen LogP contribution is 2.32. The highest BCUT2D eigenvalue weighted by Gasteiger charge is 2.13. The van der Waals surface area contributed by atoms with E-state index in [2.05, 4.69) is 39.8 Å². The van der Waals surface area contributed by atoms with Crippen LogP contribution < -0.4 is 4.74 Å². The molecule has 0 bridgehead atoms. The van der Waals surface area contributed by atoms with Gasteiger partial charge in [0.15, 0.2) is 0 Å². The number of ether oxygens (including phenoxy) is 1. The number of rotatable bonds is 7. The quantitative estimate of drug-likeness (QED) is 0.357. The molecule has 1 aromatic heterocycles. The van der Waals surface area contributed by atoms with Gasteiger partial charge in [0.25, 0.3) is 0 Å². The van der Waals surface area contributed by atoms with Crippen molar-refractivity contribution in [2.75, 3.05) is 26.2 Å². The van der Waals surface area contributed by atoms with Crippen molar-refractivity contribution in [1.82, 2.24) is 9.47 Å². The molecule has 34 heavy (non-hydrogen) atoms. The summed E-state index contributed by atoms with van der Waals surface area (Å²) in [6.45, 7) is 4.77. The minimum atomic E-state index is 0.246. The molecule has 1 aliphatic rings. The number of fused-ring (bicyclic) bond motifs is 1. The van der Waals surface area contributed by atoms with Crippen LogP contribution in [0, 0.1) is 0 Å². The molecule has 0 spiro atoms. The van der Waals surface area contributed by atoms with Crippen LogP contribution in [0.3, 0.4) is 0 Å². The Morgan fingerprint density at radius 1 is 0.735 bits per heavy atom. The normalized spacial score (nSPS) is 14.8. The minimum absolute atomic E-state index is 0.246. The fraction of sp³-hybridized carbons (Fsp3) is 0.310. The van der Waals surface area contributed by atoms with E-state index in [1.54, 1.807) is 24.3 Å². The molecule has 0 atom stereocenters. The fourth-order valence-electron chi connectivity index (χ4n) is 4.83. The van der Waals surface area contributed by atoms with Crippen molar-refractivity contribution in [3.8, 4) is 28.5 Å². The summed E-state index contributed by atoms with van der Waals surface area (Å²) >= 11 is 0. The molecule has 5 rings (SSSR count). The van der Waals surface area contributed by atoms with Crippen LogP contribution in [-0.2, 0) is 6.54 Å². The van der Waals surface area contributed by atoms with E-state index in [4.69, 9.17) is 4.74 Å². The number of aromatic nitrogens is 1. The molecular formula is C29H32N2O3. The van der Waals surface area contributed by atoms with Crippen LogP contribution >= 0.6 is 0 Å². The Kier molecular flexibility index (Phi) is 6.72. The topological polar surface area (TPSA) is 57.9 Å². The molecule has 0 radical (unpaired) electrons. The number of hydrogen-bond acceptors (Lipinski definition) is 4. The highest BCUT2D eigenvalue weighted by molar-refractivity contribution is 5.88. The number of aromatic hydroxyl groups is 2. The van der Waals surface area contributed by atoms with E-state index in [9.17, 15) is 10.2 Å². The average molecular weight is 457 g/mol. The number of nitrogens with zero attached hydrogens (tertiary/aromatic N) is 2. The van der Waals surface area contributed by atoms with E-state index >= 15 is 0 Å². The third-order valence-electron chi connectivity index (χ3n) is 6.69. The summed E-state index contributed by atoms with van der Waals surface area (Å²) in [6.07, 6.45) is 5.30.